The number of rotatable bonds is 3. The van der Waals surface area contributed by atoms with Gasteiger partial charge in [0.2, 0.25) is 0 Å². The maximum Gasteiger partial charge on any atom is 0.328 e. The van der Waals surface area contributed by atoms with E-state index in [0.717, 1.165) is 11.3 Å². The van der Waals surface area contributed by atoms with Gasteiger partial charge in [0.25, 0.3) is 0 Å². The molecule has 16 heavy (non-hydrogen) atoms. The van der Waals surface area contributed by atoms with Crippen LogP contribution in [0.15, 0.2) is 36.8 Å². The number of pyridine rings is 1. The molecular formula is C11H11N3O2. The number of hydrogen-bond donors (Lipinski definition) is 1. The number of carboxylic acids is 1. The van der Waals surface area contributed by atoms with Gasteiger partial charge in [0.1, 0.15) is 6.04 Å². The van der Waals surface area contributed by atoms with Crippen molar-refractivity contribution in [3.05, 3.63) is 36.8 Å². The monoisotopic (exact) mass is 217 g/mol. The lowest BCUT2D eigenvalue weighted by molar-refractivity contribution is -0.140. The molecule has 0 radical (unpaired) electrons. The van der Waals surface area contributed by atoms with Crippen LogP contribution in [0.5, 0.6) is 0 Å². The van der Waals surface area contributed by atoms with Crippen LogP contribution in [0.25, 0.3) is 11.3 Å². The molecule has 0 spiro atoms. The molecule has 0 fully saturated rings. The molecule has 1 atom stereocenters. The molecule has 0 aliphatic carbocycles. The summed E-state index contributed by atoms with van der Waals surface area (Å²) in [4.78, 5) is 14.9. The fourth-order valence-electron chi connectivity index (χ4n) is 1.33. The summed E-state index contributed by atoms with van der Waals surface area (Å²) in [6.07, 6.45) is 4.98. The molecule has 2 heterocycles. The summed E-state index contributed by atoms with van der Waals surface area (Å²) < 4.78 is 1.41. The molecule has 82 valence electrons. The molecule has 0 saturated heterocycles. The average molecular weight is 217 g/mol. The Morgan fingerprint density at radius 2 is 2.31 bits per heavy atom. The number of aromatic nitrogens is 3. The van der Waals surface area contributed by atoms with Crippen LogP contribution in [0.3, 0.4) is 0 Å². The first-order chi connectivity index (χ1) is 7.68. The van der Waals surface area contributed by atoms with Gasteiger partial charge in [-0.05, 0) is 19.1 Å². The van der Waals surface area contributed by atoms with E-state index < -0.39 is 12.0 Å². The van der Waals surface area contributed by atoms with E-state index in [-0.39, 0.29) is 0 Å². The number of hydrogen-bond acceptors (Lipinski definition) is 3. The predicted molar refractivity (Wildman–Crippen MR) is 57.8 cm³/mol. The minimum atomic E-state index is -0.907. The van der Waals surface area contributed by atoms with Crippen molar-refractivity contribution in [1.82, 2.24) is 14.8 Å². The molecule has 1 unspecified atom stereocenters. The van der Waals surface area contributed by atoms with E-state index in [1.807, 2.05) is 18.2 Å². The highest BCUT2D eigenvalue weighted by atomic mass is 16.4. The van der Waals surface area contributed by atoms with Crippen molar-refractivity contribution in [2.45, 2.75) is 13.0 Å². The van der Waals surface area contributed by atoms with Crippen molar-refractivity contribution < 1.29 is 9.90 Å². The van der Waals surface area contributed by atoms with Crippen LogP contribution in [-0.2, 0) is 4.79 Å². The lowest BCUT2D eigenvalue weighted by atomic mass is 10.2. The molecule has 5 heteroatoms. The maximum atomic E-state index is 10.8. The zero-order valence-electron chi connectivity index (χ0n) is 8.74. The molecule has 5 nitrogen and oxygen atoms in total. The highest BCUT2D eigenvalue weighted by Gasteiger charge is 2.14. The van der Waals surface area contributed by atoms with Gasteiger partial charge in [-0.3, -0.25) is 9.67 Å². The summed E-state index contributed by atoms with van der Waals surface area (Å²) in [6.45, 7) is 1.58. The Bertz CT molecular complexity index is 493. The molecule has 0 aromatic carbocycles. The second-order valence-corrected chi connectivity index (χ2v) is 3.44. The number of nitrogens with zero attached hydrogens (tertiary/aromatic N) is 3. The van der Waals surface area contributed by atoms with E-state index in [4.69, 9.17) is 5.11 Å². The highest BCUT2D eigenvalue weighted by Crippen LogP contribution is 2.16. The maximum absolute atomic E-state index is 10.8. The molecule has 1 N–H and O–H groups in total. The van der Waals surface area contributed by atoms with Crippen LogP contribution >= 0.6 is 0 Å². The highest BCUT2D eigenvalue weighted by molar-refractivity contribution is 5.71. The second kappa shape index (κ2) is 4.14. The quantitative estimate of drug-likeness (QED) is 0.847. The standard InChI is InChI=1S/C11H11N3O2/c1-8(11(15)16)14-7-9(6-13-14)10-4-2-3-5-12-10/h2-8H,1H3,(H,15,16). The van der Waals surface area contributed by atoms with Gasteiger partial charge in [-0.25, -0.2) is 4.79 Å². The Balaban J connectivity index is 2.30. The smallest absolute Gasteiger partial charge is 0.328 e. The third-order valence-corrected chi connectivity index (χ3v) is 2.32. The molecule has 0 aliphatic heterocycles. The fraction of sp³-hybridized carbons (Fsp3) is 0.182. The fourth-order valence-corrected chi connectivity index (χ4v) is 1.33. The summed E-state index contributed by atoms with van der Waals surface area (Å²) in [5.74, 6) is -0.907. The normalized spacial score (nSPS) is 12.3. The Labute approximate surface area is 92.4 Å². The minimum Gasteiger partial charge on any atom is -0.480 e. The van der Waals surface area contributed by atoms with Crippen LogP contribution < -0.4 is 0 Å². The Morgan fingerprint density at radius 3 is 2.94 bits per heavy atom. The van der Waals surface area contributed by atoms with Crippen LogP contribution in [0, 0.1) is 0 Å². The second-order valence-electron chi connectivity index (χ2n) is 3.44. The zero-order valence-corrected chi connectivity index (χ0v) is 8.74. The molecule has 2 rings (SSSR count). The van der Waals surface area contributed by atoms with Crippen molar-refractivity contribution in [3.63, 3.8) is 0 Å². The van der Waals surface area contributed by atoms with E-state index in [0.29, 0.717) is 0 Å². The number of carbonyl (C=O) groups is 1. The summed E-state index contributed by atoms with van der Waals surface area (Å²) in [7, 11) is 0. The third-order valence-electron chi connectivity index (χ3n) is 2.32. The topological polar surface area (TPSA) is 68.0 Å². The van der Waals surface area contributed by atoms with E-state index in [1.54, 1.807) is 25.5 Å². The van der Waals surface area contributed by atoms with Gasteiger partial charge in [0.15, 0.2) is 0 Å². The van der Waals surface area contributed by atoms with Gasteiger partial charge in [0, 0.05) is 18.0 Å². The van der Waals surface area contributed by atoms with Crippen molar-refractivity contribution in [2.24, 2.45) is 0 Å². The molecule has 2 aromatic rings. The first kappa shape index (κ1) is 10.4. The van der Waals surface area contributed by atoms with E-state index in [9.17, 15) is 4.79 Å². The van der Waals surface area contributed by atoms with Gasteiger partial charge in [-0.2, -0.15) is 5.10 Å². The summed E-state index contributed by atoms with van der Waals surface area (Å²) >= 11 is 0. The third kappa shape index (κ3) is 1.93. The van der Waals surface area contributed by atoms with Crippen LogP contribution in [0.1, 0.15) is 13.0 Å². The van der Waals surface area contributed by atoms with E-state index in [1.165, 1.54) is 4.68 Å². The van der Waals surface area contributed by atoms with Crippen molar-refractivity contribution in [3.8, 4) is 11.3 Å². The SMILES string of the molecule is CC(C(=O)O)n1cc(-c2ccccn2)cn1. The van der Waals surface area contributed by atoms with E-state index in [2.05, 4.69) is 10.1 Å². The van der Waals surface area contributed by atoms with Crippen molar-refractivity contribution in [1.29, 1.82) is 0 Å². The van der Waals surface area contributed by atoms with Gasteiger partial charge >= 0.3 is 5.97 Å². The molecule has 0 saturated carbocycles. The molecule has 0 aliphatic rings. The number of carboxylic acid groups (broad SMARTS) is 1. The van der Waals surface area contributed by atoms with Gasteiger partial charge in [-0.15, -0.1) is 0 Å². The van der Waals surface area contributed by atoms with Gasteiger partial charge in [0.05, 0.1) is 11.9 Å². The van der Waals surface area contributed by atoms with Crippen LogP contribution in [0.2, 0.25) is 0 Å². The van der Waals surface area contributed by atoms with Gasteiger partial charge < -0.3 is 5.11 Å². The first-order valence-corrected chi connectivity index (χ1v) is 4.87. The summed E-state index contributed by atoms with van der Waals surface area (Å²) in [5, 5.41) is 12.8. The summed E-state index contributed by atoms with van der Waals surface area (Å²) in [6, 6.07) is 4.89. The Hall–Kier alpha value is -2.17. The van der Waals surface area contributed by atoms with Crippen LogP contribution in [0.4, 0.5) is 0 Å². The largest absolute Gasteiger partial charge is 0.480 e. The number of aliphatic carboxylic acids is 1. The summed E-state index contributed by atoms with van der Waals surface area (Å²) in [5.41, 5.74) is 1.60. The molecule has 0 bridgehead atoms. The van der Waals surface area contributed by atoms with Crippen molar-refractivity contribution >= 4 is 5.97 Å². The van der Waals surface area contributed by atoms with Gasteiger partial charge in [-0.1, -0.05) is 6.07 Å². The lowest BCUT2D eigenvalue weighted by Crippen LogP contribution is -2.15. The predicted octanol–water partition coefficient (Wildman–Crippen LogP) is 1.59. The Kier molecular flexibility index (Phi) is 2.68. The van der Waals surface area contributed by atoms with Crippen LogP contribution in [-0.4, -0.2) is 25.8 Å². The molecular weight excluding hydrogens is 206 g/mol. The molecule has 0 amide bonds. The lowest BCUT2D eigenvalue weighted by Gasteiger charge is -2.04. The average Bonchev–Trinajstić information content (AvgIpc) is 2.78. The zero-order chi connectivity index (χ0) is 11.5. The Morgan fingerprint density at radius 1 is 1.50 bits per heavy atom. The minimum absolute atomic E-state index is 0.669. The molecule has 2 aromatic heterocycles. The van der Waals surface area contributed by atoms with E-state index >= 15 is 0 Å². The first-order valence-electron chi connectivity index (χ1n) is 4.87. The van der Waals surface area contributed by atoms with Crippen molar-refractivity contribution in [2.75, 3.05) is 0 Å².